The van der Waals surface area contributed by atoms with Crippen molar-refractivity contribution in [2.75, 3.05) is 17.3 Å². The van der Waals surface area contributed by atoms with Crippen LogP contribution >= 0.6 is 11.3 Å². The SMILES string of the molecule is CN1c2cc(-c3nccc(Nc4ccc(-c5cn[nH]c5)cc4)n3)ccc2CC1c1nccs1. The zero-order valence-electron chi connectivity index (χ0n) is 17.9. The van der Waals surface area contributed by atoms with Gasteiger partial charge >= 0.3 is 0 Å². The first-order valence-corrected chi connectivity index (χ1v) is 11.6. The van der Waals surface area contributed by atoms with E-state index in [1.807, 2.05) is 42.2 Å². The van der Waals surface area contributed by atoms with Crippen LogP contribution in [0.2, 0.25) is 0 Å². The average Bonchev–Trinajstić information content (AvgIpc) is 3.62. The normalized spacial score (nSPS) is 14.9. The quantitative estimate of drug-likeness (QED) is 0.369. The molecule has 2 N–H and O–H groups in total. The van der Waals surface area contributed by atoms with E-state index in [9.17, 15) is 0 Å². The summed E-state index contributed by atoms with van der Waals surface area (Å²) in [7, 11) is 2.13. The number of nitrogens with zero attached hydrogens (tertiary/aromatic N) is 5. The van der Waals surface area contributed by atoms with Gasteiger partial charge in [0.15, 0.2) is 5.82 Å². The average molecular weight is 452 g/mol. The molecule has 5 aromatic rings. The van der Waals surface area contributed by atoms with Crippen molar-refractivity contribution in [3.05, 3.63) is 89.3 Å². The fourth-order valence-corrected chi connectivity index (χ4v) is 5.02. The minimum absolute atomic E-state index is 0.286. The van der Waals surface area contributed by atoms with Crippen LogP contribution in [0.25, 0.3) is 22.5 Å². The van der Waals surface area contributed by atoms with Gasteiger partial charge in [0.2, 0.25) is 0 Å². The summed E-state index contributed by atoms with van der Waals surface area (Å²) in [5.41, 5.74) is 6.67. The van der Waals surface area contributed by atoms with Crippen molar-refractivity contribution in [1.29, 1.82) is 0 Å². The van der Waals surface area contributed by atoms with E-state index >= 15 is 0 Å². The second-order valence-corrected chi connectivity index (χ2v) is 8.93. The Kier molecular flexibility index (Phi) is 4.84. The third-order valence-electron chi connectivity index (χ3n) is 5.99. The lowest BCUT2D eigenvalue weighted by atomic mass is 10.1. The Bertz CT molecular complexity index is 1380. The molecule has 0 amide bonds. The lowest BCUT2D eigenvalue weighted by Crippen LogP contribution is -2.19. The number of benzene rings is 2. The van der Waals surface area contributed by atoms with Crippen molar-refractivity contribution in [3.63, 3.8) is 0 Å². The number of anilines is 3. The molecule has 1 unspecified atom stereocenters. The summed E-state index contributed by atoms with van der Waals surface area (Å²) in [6.45, 7) is 0. The number of H-pyrrole nitrogens is 1. The van der Waals surface area contributed by atoms with E-state index in [0.717, 1.165) is 39.6 Å². The van der Waals surface area contributed by atoms with Gasteiger partial charge in [0.1, 0.15) is 10.8 Å². The third kappa shape index (κ3) is 3.74. The molecule has 0 aliphatic carbocycles. The number of rotatable bonds is 5. The zero-order valence-corrected chi connectivity index (χ0v) is 18.8. The molecule has 1 aliphatic heterocycles. The van der Waals surface area contributed by atoms with Gasteiger partial charge in [-0.05, 0) is 35.4 Å². The fourth-order valence-electron chi connectivity index (χ4n) is 4.24. The van der Waals surface area contributed by atoms with E-state index in [4.69, 9.17) is 4.98 Å². The zero-order chi connectivity index (χ0) is 22.2. The Balaban J connectivity index is 1.23. The van der Waals surface area contributed by atoms with Gasteiger partial charge in [-0.2, -0.15) is 5.10 Å². The summed E-state index contributed by atoms with van der Waals surface area (Å²) in [6, 6.07) is 16.8. The predicted molar refractivity (Wildman–Crippen MR) is 132 cm³/mol. The van der Waals surface area contributed by atoms with Crippen LogP contribution in [0.4, 0.5) is 17.2 Å². The van der Waals surface area contributed by atoms with Crippen LogP contribution in [0.15, 0.2) is 78.7 Å². The predicted octanol–water partition coefficient (Wildman–Crippen LogP) is 5.47. The number of hydrogen-bond donors (Lipinski definition) is 2. The summed E-state index contributed by atoms with van der Waals surface area (Å²) in [6.07, 6.45) is 8.33. The first-order valence-electron chi connectivity index (χ1n) is 10.7. The Morgan fingerprint density at radius 2 is 1.88 bits per heavy atom. The highest BCUT2D eigenvalue weighted by molar-refractivity contribution is 7.09. The first-order chi connectivity index (χ1) is 16.2. The fraction of sp³-hybridized carbons (Fsp3) is 0.120. The minimum atomic E-state index is 0.286. The monoisotopic (exact) mass is 451 g/mol. The van der Waals surface area contributed by atoms with Crippen LogP contribution in [0.3, 0.4) is 0 Å². The molecule has 4 heterocycles. The Labute approximate surface area is 195 Å². The maximum Gasteiger partial charge on any atom is 0.161 e. The third-order valence-corrected chi connectivity index (χ3v) is 6.86. The molecule has 1 atom stereocenters. The molecule has 2 aromatic carbocycles. The highest BCUT2D eigenvalue weighted by Gasteiger charge is 2.29. The molecule has 0 bridgehead atoms. The van der Waals surface area contributed by atoms with E-state index in [1.54, 1.807) is 17.5 Å². The second-order valence-electron chi connectivity index (χ2n) is 8.00. The highest BCUT2D eigenvalue weighted by Crippen LogP contribution is 2.41. The van der Waals surface area contributed by atoms with Crippen molar-refractivity contribution in [3.8, 4) is 22.5 Å². The molecule has 0 fully saturated rings. The maximum atomic E-state index is 4.76. The van der Waals surface area contributed by atoms with Gasteiger partial charge in [-0.25, -0.2) is 15.0 Å². The highest BCUT2D eigenvalue weighted by atomic mass is 32.1. The maximum absolute atomic E-state index is 4.76. The molecule has 0 saturated heterocycles. The van der Waals surface area contributed by atoms with E-state index in [2.05, 4.69) is 67.8 Å². The van der Waals surface area contributed by atoms with E-state index < -0.39 is 0 Å². The van der Waals surface area contributed by atoms with Crippen molar-refractivity contribution in [1.82, 2.24) is 25.1 Å². The molecule has 162 valence electrons. The lowest BCUT2D eigenvalue weighted by molar-refractivity contribution is 0.710. The van der Waals surface area contributed by atoms with Gasteiger partial charge in [-0.15, -0.1) is 11.3 Å². The first kappa shape index (κ1) is 19.6. The molecule has 8 heteroatoms. The molecule has 7 nitrogen and oxygen atoms in total. The molecule has 0 spiro atoms. The molecule has 1 aliphatic rings. The van der Waals surface area contributed by atoms with E-state index in [0.29, 0.717) is 5.82 Å². The molecule has 3 aromatic heterocycles. The molecule has 33 heavy (non-hydrogen) atoms. The van der Waals surface area contributed by atoms with Gasteiger partial charge in [-0.3, -0.25) is 5.10 Å². The van der Waals surface area contributed by atoms with Crippen molar-refractivity contribution in [2.24, 2.45) is 0 Å². The van der Waals surface area contributed by atoms with Gasteiger partial charge in [-0.1, -0.05) is 24.3 Å². The van der Waals surface area contributed by atoms with E-state index in [1.165, 1.54) is 11.3 Å². The van der Waals surface area contributed by atoms with Crippen LogP contribution in [0.1, 0.15) is 16.6 Å². The Hall–Kier alpha value is -4.04. The largest absolute Gasteiger partial charge is 0.365 e. The number of aromatic amines is 1. The van der Waals surface area contributed by atoms with Crippen molar-refractivity contribution < 1.29 is 0 Å². The van der Waals surface area contributed by atoms with Gasteiger partial charge < -0.3 is 10.2 Å². The summed E-state index contributed by atoms with van der Waals surface area (Å²) in [5, 5.41) is 13.4. The lowest BCUT2D eigenvalue weighted by Gasteiger charge is -2.20. The molecule has 6 rings (SSSR count). The summed E-state index contributed by atoms with van der Waals surface area (Å²) >= 11 is 1.71. The Morgan fingerprint density at radius 3 is 2.67 bits per heavy atom. The number of nitrogens with one attached hydrogen (secondary N) is 2. The van der Waals surface area contributed by atoms with Crippen LogP contribution in [-0.4, -0.2) is 32.2 Å². The molecular formula is C25H21N7S. The van der Waals surface area contributed by atoms with E-state index in [-0.39, 0.29) is 6.04 Å². The number of thiazole rings is 1. The second kappa shape index (κ2) is 8.14. The number of hydrogen-bond acceptors (Lipinski definition) is 7. The summed E-state index contributed by atoms with van der Waals surface area (Å²) in [5.74, 6) is 1.45. The van der Waals surface area contributed by atoms with Crippen molar-refractivity contribution in [2.45, 2.75) is 12.5 Å². The van der Waals surface area contributed by atoms with Gasteiger partial charge in [0.25, 0.3) is 0 Å². The smallest absolute Gasteiger partial charge is 0.161 e. The van der Waals surface area contributed by atoms with Crippen LogP contribution in [0.5, 0.6) is 0 Å². The Morgan fingerprint density at radius 1 is 1.00 bits per heavy atom. The van der Waals surface area contributed by atoms with Gasteiger partial charge in [0, 0.05) is 59.9 Å². The van der Waals surface area contributed by atoms with Gasteiger partial charge in [0.05, 0.1) is 12.2 Å². The number of likely N-dealkylation sites (N-methyl/N-ethyl adjacent to an activating group) is 1. The number of fused-ring (bicyclic) bond motifs is 1. The van der Waals surface area contributed by atoms with Crippen molar-refractivity contribution >= 4 is 28.5 Å². The summed E-state index contributed by atoms with van der Waals surface area (Å²) in [4.78, 5) is 16.1. The van der Waals surface area contributed by atoms with Crippen LogP contribution in [-0.2, 0) is 6.42 Å². The van der Waals surface area contributed by atoms with Crippen LogP contribution in [0, 0.1) is 0 Å². The van der Waals surface area contributed by atoms with Crippen LogP contribution < -0.4 is 10.2 Å². The standard InChI is InChI=1S/C25H21N7S/c1-32-21-13-18(3-2-17(21)12-22(32)25-27-10-11-33-25)24-26-9-8-23(31-24)30-20-6-4-16(5-7-20)19-14-28-29-15-19/h2-11,13-15,22H,12H2,1H3,(H,28,29)(H,26,30,31). The topological polar surface area (TPSA) is 82.6 Å². The molecule has 0 radical (unpaired) electrons. The number of aromatic nitrogens is 5. The molecular weight excluding hydrogens is 430 g/mol. The summed E-state index contributed by atoms with van der Waals surface area (Å²) < 4.78 is 0. The minimum Gasteiger partial charge on any atom is -0.365 e. The molecule has 0 saturated carbocycles.